The summed E-state index contributed by atoms with van der Waals surface area (Å²) in [7, 11) is 0. The Balaban J connectivity index is 1.49. The highest BCUT2D eigenvalue weighted by atomic mass is 19.1. The summed E-state index contributed by atoms with van der Waals surface area (Å²) in [4.78, 5) is 44.5. The molecule has 3 fully saturated rings. The van der Waals surface area contributed by atoms with Gasteiger partial charge in [-0.2, -0.15) is 5.26 Å². The van der Waals surface area contributed by atoms with Crippen LogP contribution in [0.2, 0.25) is 0 Å². The van der Waals surface area contributed by atoms with Crippen molar-refractivity contribution in [2.24, 2.45) is 0 Å². The van der Waals surface area contributed by atoms with Crippen LogP contribution in [0.1, 0.15) is 58.6 Å². The van der Waals surface area contributed by atoms with E-state index in [0.29, 0.717) is 31.5 Å². The Morgan fingerprint density at radius 2 is 2.03 bits per heavy atom. The topological polar surface area (TPSA) is 106 Å². The molecule has 1 aromatic carbocycles. The van der Waals surface area contributed by atoms with Crippen molar-refractivity contribution in [1.29, 1.82) is 5.26 Å². The van der Waals surface area contributed by atoms with Crippen LogP contribution >= 0.6 is 0 Å². The number of benzene rings is 1. The first-order valence-corrected chi connectivity index (χ1v) is 12.5. The van der Waals surface area contributed by atoms with Gasteiger partial charge in [-0.05, 0) is 53.0 Å². The number of piperazine rings is 1. The lowest BCUT2D eigenvalue weighted by Crippen LogP contribution is -2.59. The summed E-state index contributed by atoms with van der Waals surface area (Å²) in [6.07, 6.45) is 1.17. The van der Waals surface area contributed by atoms with Gasteiger partial charge in [0.1, 0.15) is 23.5 Å². The SMILES string of the molecule is CC(c1ccccc1F)N1C(=O)C2CC1CN2CC(NC(=O)OC(C)(C)C)C(=O)N1CCCC1C#N. The summed E-state index contributed by atoms with van der Waals surface area (Å²) >= 11 is 0. The summed E-state index contributed by atoms with van der Waals surface area (Å²) in [6.45, 7) is 8.12. The lowest BCUT2D eigenvalue weighted by Gasteiger charge is -2.39. The van der Waals surface area contributed by atoms with Gasteiger partial charge in [0.15, 0.2) is 0 Å². The average Bonchev–Trinajstić information content (AvgIpc) is 3.51. The number of alkyl carbamates (subject to hydrolysis) is 1. The van der Waals surface area contributed by atoms with E-state index in [0.717, 1.165) is 6.42 Å². The Morgan fingerprint density at radius 3 is 2.67 bits per heavy atom. The van der Waals surface area contributed by atoms with Gasteiger partial charge in [0, 0.05) is 31.2 Å². The van der Waals surface area contributed by atoms with Gasteiger partial charge in [-0.3, -0.25) is 14.5 Å². The van der Waals surface area contributed by atoms with E-state index in [1.54, 1.807) is 43.9 Å². The van der Waals surface area contributed by atoms with Crippen molar-refractivity contribution in [3.63, 3.8) is 0 Å². The molecule has 1 aromatic rings. The third-order valence-electron chi connectivity index (χ3n) is 7.18. The number of fused-ring (bicyclic) bond motifs is 2. The number of halogens is 1. The average molecular weight is 500 g/mol. The van der Waals surface area contributed by atoms with Crippen molar-refractivity contribution in [2.75, 3.05) is 19.6 Å². The van der Waals surface area contributed by atoms with E-state index in [4.69, 9.17) is 4.74 Å². The van der Waals surface area contributed by atoms with Crippen LogP contribution in [-0.2, 0) is 14.3 Å². The van der Waals surface area contributed by atoms with Crippen molar-refractivity contribution in [1.82, 2.24) is 20.0 Å². The highest BCUT2D eigenvalue weighted by Gasteiger charge is 2.52. The fourth-order valence-electron chi connectivity index (χ4n) is 5.60. The summed E-state index contributed by atoms with van der Waals surface area (Å²) < 4.78 is 19.8. The largest absolute Gasteiger partial charge is 0.444 e. The molecule has 1 N–H and O–H groups in total. The molecular formula is C26H34FN5O4. The number of hydrogen-bond donors (Lipinski definition) is 1. The number of hydrogen-bond acceptors (Lipinski definition) is 6. The van der Waals surface area contributed by atoms with E-state index < -0.39 is 35.9 Å². The van der Waals surface area contributed by atoms with E-state index >= 15 is 0 Å². The van der Waals surface area contributed by atoms with Crippen LogP contribution in [0.25, 0.3) is 0 Å². The maximum absolute atomic E-state index is 14.4. The Hall–Kier alpha value is -3.19. The van der Waals surface area contributed by atoms with Crippen LogP contribution in [0.15, 0.2) is 24.3 Å². The number of carbonyl (C=O) groups excluding carboxylic acids is 3. The van der Waals surface area contributed by atoms with E-state index in [1.807, 2.05) is 11.8 Å². The van der Waals surface area contributed by atoms with E-state index in [2.05, 4.69) is 11.4 Å². The molecule has 5 atom stereocenters. The van der Waals surface area contributed by atoms with Crippen molar-refractivity contribution in [2.45, 2.75) is 82.8 Å². The molecule has 0 aromatic heterocycles. The Labute approximate surface area is 211 Å². The van der Waals surface area contributed by atoms with Gasteiger partial charge < -0.3 is 19.9 Å². The van der Waals surface area contributed by atoms with Crippen molar-refractivity contribution in [3.05, 3.63) is 35.6 Å². The molecule has 3 heterocycles. The molecule has 0 saturated carbocycles. The first-order chi connectivity index (χ1) is 17.0. The fourth-order valence-corrected chi connectivity index (χ4v) is 5.60. The van der Waals surface area contributed by atoms with E-state index in [-0.39, 0.29) is 30.2 Å². The highest BCUT2D eigenvalue weighted by Crippen LogP contribution is 2.38. The lowest BCUT2D eigenvalue weighted by atomic mass is 10.0. The lowest BCUT2D eigenvalue weighted by molar-refractivity contribution is -0.141. The molecule has 3 amide bonds. The Morgan fingerprint density at radius 1 is 1.31 bits per heavy atom. The second-order valence-corrected chi connectivity index (χ2v) is 10.8. The maximum atomic E-state index is 14.4. The molecule has 4 rings (SSSR count). The van der Waals surface area contributed by atoms with E-state index in [1.165, 1.54) is 11.0 Å². The van der Waals surface area contributed by atoms with Crippen LogP contribution < -0.4 is 5.32 Å². The molecule has 2 bridgehead atoms. The number of likely N-dealkylation sites (tertiary alicyclic amines) is 3. The number of amides is 3. The van der Waals surface area contributed by atoms with Crippen molar-refractivity contribution >= 4 is 17.9 Å². The summed E-state index contributed by atoms with van der Waals surface area (Å²) in [5.74, 6) is -0.805. The van der Waals surface area contributed by atoms with Crippen LogP contribution in [0.4, 0.5) is 9.18 Å². The first-order valence-electron chi connectivity index (χ1n) is 12.5. The predicted octanol–water partition coefficient (Wildman–Crippen LogP) is 2.58. The zero-order valence-corrected chi connectivity index (χ0v) is 21.2. The van der Waals surface area contributed by atoms with Crippen LogP contribution in [-0.4, -0.2) is 82.0 Å². The molecule has 0 aliphatic carbocycles. The van der Waals surface area contributed by atoms with Gasteiger partial charge in [-0.1, -0.05) is 18.2 Å². The standard InChI is InChI=1S/C26H34FN5O4/c1-16(19-9-5-6-10-20(19)27)32-18-12-22(24(32)34)30(14-18)15-21(29-25(35)36-26(2,3)4)23(33)31-11-7-8-17(31)13-28/h5-6,9-10,16-18,21-22H,7-8,11-12,14-15H2,1-4H3,(H,29,35). The quantitative estimate of drug-likeness (QED) is 0.645. The third-order valence-corrected chi connectivity index (χ3v) is 7.18. The van der Waals surface area contributed by atoms with Crippen LogP contribution in [0.5, 0.6) is 0 Å². The first kappa shape index (κ1) is 25.9. The number of ether oxygens (including phenoxy) is 1. The molecular weight excluding hydrogens is 465 g/mol. The zero-order chi connectivity index (χ0) is 26.2. The van der Waals surface area contributed by atoms with Crippen molar-refractivity contribution in [3.8, 4) is 6.07 Å². The molecule has 3 aliphatic heterocycles. The minimum atomic E-state index is -0.960. The monoisotopic (exact) mass is 499 g/mol. The second kappa shape index (κ2) is 10.1. The van der Waals surface area contributed by atoms with Crippen molar-refractivity contribution < 1.29 is 23.5 Å². The molecule has 0 radical (unpaired) electrons. The molecule has 10 heteroatoms. The van der Waals surface area contributed by atoms with Gasteiger partial charge in [0.25, 0.3) is 0 Å². The molecule has 36 heavy (non-hydrogen) atoms. The van der Waals surface area contributed by atoms with Gasteiger partial charge in [0.2, 0.25) is 11.8 Å². The van der Waals surface area contributed by atoms with Crippen LogP contribution in [0.3, 0.4) is 0 Å². The van der Waals surface area contributed by atoms with Gasteiger partial charge >= 0.3 is 6.09 Å². The van der Waals surface area contributed by atoms with Gasteiger partial charge in [0.05, 0.1) is 18.2 Å². The number of nitrogens with one attached hydrogen (secondary N) is 1. The minimum Gasteiger partial charge on any atom is -0.444 e. The minimum absolute atomic E-state index is 0.110. The number of nitriles is 1. The Kier molecular flexibility index (Phi) is 7.23. The predicted molar refractivity (Wildman–Crippen MR) is 129 cm³/mol. The number of carbonyl (C=O) groups is 3. The van der Waals surface area contributed by atoms with Gasteiger partial charge in [-0.25, -0.2) is 9.18 Å². The van der Waals surface area contributed by atoms with E-state index in [9.17, 15) is 24.0 Å². The molecule has 9 nitrogen and oxygen atoms in total. The summed E-state index contributed by atoms with van der Waals surface area (Å²) in [6, 6.07) is 6.15. The number of nitrogens with zero attached hydrogens (tertiary/aromatic N) is 4. The normalized spacial score (nSPS) is 25.6. The molecule has 0 spiro atoms. The van der Waals surface area contributed by atoms with Gasteiger partial charge in [-0.15, -0.1) is 0 Å². The summed E-state index contributed by atoms with van der Waals surface area (Å²) in [5.41, 5.74) is -0.270. The maximum Gasteiger partial charge on any atom is 0.408 e. The highest BCUT2D eigenvalue weighted by molar-refractivity contribution is 5.88. The third kappa shape index (κ3) is 5.16. The summed E-state index contributed by atoms with van der Waals surface area (Å²) in [5, 5.41) is 12.1. The zero-order valence-electron chi connectivity index (χ0n) is 21.2. The molecule has 5 unspecified atom stereocenters. The molecule has 194 valence electrons. The van der Waals surface area contributed by atoms with Crippen LogP contribution in [0, 0.1) is 17.1 Å². The fraction of sp³-hybridized carbons (Fsp3) is 0.615. The number of rotatable bonds is 6. The second-order valence-electron chi connectivity index (χ2n) is 10.8. The molecule has 3 aliphatic rings. The molecule has 3 saturated heterocycles. The smallest absolute Gasteiger partial charge is 0.408 e. The Bertz CT molecular complexity index is 1070.